The number of hydrogen-bond acceptors (Lipinski definition) is 6. The number of fused-ring (bicyclic) bond motifs is 1. The van der Waals surface area contributed by atoms with Crippen molar-refractivity contribution in [1.29, 1.82) is 0 Å². The Morgan fingerprint density at radius 2 is 2.07 bits per heavy atom. The van der Waals surface area contributed by atoms with Crippen LogP contribution in [0.1, 0.15) is 11.4 Å². The molecule has 1 atom stereocenters. The Hall–Kier alpha value is -3.35. The summed E-state index contributed by atoms with van der Waals surface area (Å²) >= 11 is 0. The van der Waals surface area contributed by atoms with E-state index in [0.29, 0.717) is 43.5 Å². The molecule has 144 valence electrons. The van der Waals surface area contributed by atoms with Crippen molar-refractivity contribution in [3.8, 4) is 23.0 Å². The molecule has 0 radical (unpaired) electrons. The van der Waals surface area contributed by atoms with Gasteiger partial charge in [-0.1, -0.05) is 35.5 Å². The molecule has 0 bridgehead atoms. The third-order valence-electron chi connectivity index (χ3n) is 4.68. The quantitative estimate of drug-likeness (QED) is 0.709. The van der Waals surface area contributed by atoms with E-state index < -0.39 is 0 Å². The van der Waals surface area contributed by atoms with Crippen molar-refractivity contribution in [2.24, 2.45) is 5.92 Å². The Morgan fingerprint density at radius 3 is 2.89 bits per heavy atom. The first kappa shape index (κ1) is 18.0. The van der Waals surface area contributed by atoms with Gasteiger partial charge in [0, 0.05) is 18.5 Å². The molecule has 2 aromatic carbocycles. The van der Waals surface area contributed by atoms with Crippen LogP contribution in [-0.2, 0) is 17.6 Å². The van der Waals surface area contributed by atoms with Crippen molar-refractivity contribution in [2.75, 3.05) is 20.3 Å². The molecule has 28 heavy (non-hydrogen) atoms. The van der Waals surface area contributed by atoms with Crippen LogP contribution in [0.3, 0.4) is 0 Å². The zero-order valence-electron chi connectivity index (χ0n) is 15.6. The van der Waals surface area contributed by atoms with Gasteiger partial charge in [0.15, 0.2) is 17.3 Å². The van der Waals surface area contributed by atoms with Crippen LogP contribution in [0.4, 0.5) is 0 Å². The SMILES string of the molecule is COc1cccc2c1OCC(C(=O)NCCc1noc(-c3ccccc3)n1)C2. The lowest BCUT2D eigenvalue weighted by atomic mass is 9.95. The lowest BCUT2D eigenvalue weighted by molar-refractivity contribution is -0.126. The summed E-state index contributed by atoms with van der Waals surface area (Å²) in [7, 11) is 1.61. The molecular weight excluding hydrogens is 358 g/mol. The van der Waals surface area contributed by atoms with E-state index in [4.69, 9.17) is 14.0 Å². The molecule has 0 spiro atoms. The number of nitrogens with zero attached hydrogens (tertiary/aromatic N) is 2. The highest BCUT2D eigenvalue weighted by molar-refractivity contribution is 5.79. The maximum absolute atomic E-state index is 12.5. The van der Waals surface area contributed by atoms with Gasteiger partial charge in [-0.2, -0.15) is 4.98 Å². The largest absolute Gasteiger partial charge is 0.493 e. The Morgan fingerprint density at radius 1 is 1.21 bits per heavy atom. The summed E-state index contributed by atoms with van der Waals surface area (Å²) in [6.07, 6.45) is 1.12. The number of ether oxygens (including phenoxy) is 2. The smallest absolute Gasteiger partial charge is 0.257 e. The fourth-order valence-corrected chi connectivity index (χ4v) is 3.22. The topological polar surface area (TPSA) is 86.5 Å². The van der Waals surface area contributed by atoms with E-state index in [1.165, 1.54) is 0 Å². The van der Waals surface area contributed by atoms with Crippen LogP contribution in [0.5, 0.6) is 11.5 Å². The predicted octanol–water partition coefficient (Wildman–Crippen LogP) is 2.66. The average Bonchev–Trinajstić information content (AvgIpc) is 3.22. The third-order valence-corrected chi connectivity index (χ3v) is 4.68. The highest BCUT2D eigenvalue weighted by atomic mass is 16.5. The van der Waals surface area contributed by atoms with Crippen molar-refractivity contribution in [1.82, 2.24) is 15.5 Å². The number of carbonyl (C=O) groups excluding carboxylic acids is 1. The van der Waals surface area contributed by atoms with Crippen molar-refractivity contribution in [3.05, 3.63) is 59.9 Å². The lowest BCUT2D eigenvalue weighted by Gasteiger charge is -2.25. The van der Waals surface area contributed by atoms with Crippen LogP contribution in [0.15, 0.2) is 53.1 Å². The van der Waals surface area contributed by atoms with Gasteiger partial charge in [-0.3, -0.25) is 4.79 Å². The van der Waals surface area contributed by atoms with Crippen LogP contribution in [0.25, 0.3) is 11.5 Å². The number of aromatic nitrogens is 2. The molecule has 0 saturated carbocycles. The third kappa shape index (κ3) is 3.83. The van der Waals surface area contributed by atoms with Gasteiger partial charge >= 0.3 is 0 Å². The molecule has 1 aliphatic heterocycles. The summed E-state index contributed by atoms with van der Waals surface area (Å²) in [6, 6.07) is 15.3. The minimum atomic E-state index is -0.232. The number of hydrogen-bond donors (Lipinski definition) is 1. The first-order valence-electron chi connectivity index (χ1n) is 9.19. The van der Waals surface area contributed by atoms with Gasteiger partial charge < -0.3 is 19.3 Å². The molecular formula is C21H21N3O4. The summed E-state index contributed by atoms with van der Waals surface area (Å²) in [4.78, 5) is 16.9. The summed E-state index contributed by atoms with van der Waals surface area (Å²) < 4.78 is 16.4. The molecule has 1 amide bonds. The second kappa shape index (κ2) is 8.12. The zero-order valence-corrected chi connectivity index (χ0v) is 15.6. The second-order valence-electron chi connectivity index (χ2n) is 6.58. The molecule has 1 N–H and O–H groups in total. The lowest BCUT2D eigenvalue weighted by Crippen LogP contribution is -2.38. The number of rotatable bonds is 6. The maximum atomic E-state index is 12.5. The molecule has 0 aliphatic carbocycles. The van der Waals surface area contributed by atoms with Gasteiger partial charge in [0.1, 0.15) is 6.61 Å². The Balaban J connectivity index is 1.30. The molecule has 7 nitrogen and oxygen atoms in total. The van der Waals surface area contributed by atoms with E-state index in [2.05, 4.69) is 15.5 Å². The van der Waals surface area contributed by atoms with E-state index in [0.717, 1.165) is 16.9 Å². The number of carbonyl (C=O) groups is 1. The molecule has 0 fully saturated rings. The van der Waals surface area contributed by atoms with Gasteiger partial charge in [0.25, 0.3) is 5.89 Å². The first-order valence-corrected chi connectivity index (χ1v) is 9.19. The molecule has 1 unspecified atom stereocenters. The maximum Gasteiger partial charge on any atom is 0.257 e. The van der Waals surface area contributed by atoms with Crippen molar-refractivity contribution in [3.63, 3.8) is 0 Å². The number of para-hydroxylation sites is 1. The molecule has 4 rings (SSSR count). The van der Waals surface area contributed by atoms with E-state index in [9.17, 15) is 4.79 Å². The molecule has 1 aromatic heterocycles. The van der Waals surface area contributed by atoms with Crippen LogP contribution >= 0.6 is 0 Å². The van der Waals surface area contributed by atoms with E-state index in [1.807, 2.05) is 48.5 Å². The zero-order chi connectivity index (χ0) is 19.3. The summed E-state index contributed by atoms with van der Waals surface area (Å²) in [5, 5.41) is 6.91. The number of methoxy groups -OCH3 is 1. The highest BCUT2D eigenvalue weighted by Crippen LogP contribution is 2.36. The minimum Gasteiger partial charge on any atom is -0.493 e. The minimum absolute atomic E-state index is 0.0414. The summed E-state index contributed by atoms with van der Waals surface area (Å²) in [5.41, 5.74) is 1.86. The normalized spacial score (nSPS) is 15.4. The van der Waals surface area contributed by atoms with Crippen LogP contribution in [0.2, 0.25) is 0 Å². The first-order chi connectivity index (χ1) is 13.7. The van der Waals surface area contributed by atoms with Gasteiger partial charge in [-0.25, -0.2) is 0 Å². The molecule has 7 heteroatoms. The Bertz CT molecular complexity index is 955. The van der Waals surface area contributed by atoms with Gasteiger partial charge in [0.05, 0.1) is 13.0 Å². The standard InChI is InChI=1S/C21H21N3O4/c1-26-17-9-5-8-15-12-16(13-27-19(15)17)20(25)22-11-10-18-23-21(28-24-18)14-6-3-2-4-7-14/h2-9,16H,10-13H2,1H3,(H,22,25). The number of nitrogens with one attached hydrogen (secondary N) is 1. The highest BCUT2D eigenvalue weighted by Gasteiger charge is 2.27. The summed E-state index contributed by atoms with van der Waals surface area (Å²) in [5.74, 6) is 2.20. The molecule has 0 saturated heterocycles. The molecule has 3 aromatic rings. The van der Waals surface area contributed by atoms with E-state index >= 15 is 0 Å². The van der Waals surface area contributed by atoms with E-state index in [1.54, 1.807) is 7.11 Å². The number of amides is 1. The average molecular weight is 379 g/mol. The second-order valence-corrected chi connectivity index (χ2v) is 6.58. The van der Waals surface area contributed by atoms with Crippen molar-refractivity contribution >= 4 is 5.91 Å². The van der Waals surface area contributed by atoms with Crippen molar-refractivity contribution < 1.29 is 18.8 Å². The van der Waals surface area contributed by atoms with Crippen LogP contribution < -0.4 is 14.8 Å². The fourth-order valence-electron chi connectivity index (χ4n) is 3.22. The number of benzene rings is 2. The van der Waals surface area contributed by atoms with Gasteiger partial charge in [0.2, 0.25) is 5.91 Å². The monoisotopic (exact) mass is 379 g/mol. The molecule has 2 heterocycles. The van der Waals surface area contributed by atoms with Crippen LogP contribution in [0, 0.1) is 5.92 Å². The predicted molar refractivity (Wildman–Crippen MR) is 102 cm³/mol. The Labute approximate surface area is 162 Å². The van der Waals surface area contributed by atoms with Crippen molar-refractivity contribution in [2.45, 2.75) is 12.8 Å². The van der Waals surface area contributed by atoms with Gasteiger partial charge in [-0.05, 0) is 30.2 Å². The van der Waals surface area contributed by atoms with E-state index in [-0.39, 0.29) is 11.8 Å². The van der Waals surface area contributed by atoms with Gasteiger partial charge in [-0.15, -0.1) is 0 Å². The molecule has 1 aliphatic rings. The Kier molecular flexibility index (Phi) is 5.23. The summed E-state index contributed by atoms with van der Waals surface area (Å²) in [6.45, 7) is 0.771. The van der Waals surface area contributed by atoms with Crippen LogP contribution in [-0.4, -0.2) is 36.3 Å². The fraction of sp³-hybridized carbons (Fsp3) is 0.286.